The first-order valence-corrected chi connectivity index (χ1v) is 5.24. The molecule has 0 amide bonds. The van der Waals surface area contributed by atoms with E-state index in [0.29, 0.717) is 0 Å². The van der Waals surface area contributed by atoms with Gasteiger partial charge in [-0.3, -0.25) is 0 Å². The van der Waals surface area contributed by atoms with Gasteiger partial charge in [-0.1, -0.05) is 39.5 Å². The van der Waals surface area contributed by atoms with E-state index >= 15 is 0 Å². The fourth-order valence-electron chi connectivity index (χ4n) is 1.47. The van der Waals surface area contributed by atoms with Crippen molar-refractivity contribution in [2.75, 3.05) is 0 Å². The van der Waals surface area contributed by atoms with Gasteiger partial charge in [0.25, 0.3) is 0 Å². The molecule has 0 saturated carbocycles. The van der Waals surface area contributed by atoms with Crippen molar-refractivity contribution in [3.8, 4) is 0 Å². The molecule has 1 heteroatoms. The maximum absolute atomic E-state index is 7.34. The highest BCUT2D eigenvalue weighted by atomic mass is 14.4. The average Bonchev–Trinajstić information content (AvgIpc) is 2.05. The van der Waals surface area contributed by atoms with Crippen LogP contribution in [0.2, 0.25) is 0 Å². The SMILES string of the molecule is CCCCC(CC)CCC(C)=N. The van der Waals surface area contributed by atoms with Crippen LogP contribution >= 0.6 is 0 Å². The van der Waals surface area contributed by atoms with Crippen molar-refractivity contribution >= 4 is 5.71 Å². The standard InChI is InChI=1S/C11H23N/c1-4-6-7-11(5-2)9-8-10(3)12/h11-12H,4-9H2,1-3H3. The lowest BCUT2D eigenvalue weighted by Crippen LogP contribution is -2.01. The molecule has 0 saturated heterocycles. The Morgan fingerprint density at radius 3 is 2.33 bits per heavy atom. The molecule has 0 aromatic carbocycles. The van der Waals surface area contributed by atoms with E-state index < -0.39 is 0 Å². The van der Waals surface area contributed by atoms with Crippen LogP contribution < -0.4 is 0 Å². The van der Waals surface area contributed by atoms with E-state index in [1.54, 1.807) is 0 Å². The molecule has 0 rings (SSSR count). The van der Waals surface area contributed by atoms with Crippen LogP contribution in [0.3, 0.4) is 0 Å². The molecule has 72 valence electrons. The second-order valence-electron chi connectivity index (χ2n) is 3.74. The van der Waals surface area contributed by atoms with Gasteiger partial charge in [-0.15, -0.1) is 0 Å². The molecular weight excluding hydrogens is 146 g/mol. The quantitative estimate of drug-likeness (QED) is 0.556. The van der Waals surface area contributed by atoms with Crippen molar-refractivity contribution in [1.82, 2.24) is 0 Å². The predicted octanol–water partition coefficient (Wildman–Crippen LogP) is 4.02. The van der Waals surface area contributed by atoms with Gasteiger partial charge in [-0.05, 0) is 25.7 Å². The Kier molecular flexibility index (Phi) is 7.12. The van der Waals surface area contributed by atoms with Crippen LogP contribution in [0.4, 0.5) is 0 Å². The minimum Gasteiger partial charge on any atom is -0.310 e. The zero-order valence-electron chi connectivity index (χ0n) is 8.82. The van der Waals surface area contributed by atoms with Crippen LogP contribution in [0.25, 0.3) is 0 Å². The van der Waals surface area contributed by atoms with Crippen molar-refractivity contribution < 1.29 is 0 Å². The molecule has 0 aliphatic rings. The van der Waals surface area contributed by atoms with Gasteiger partial charge in [0, 0.05) is 5.71 Å². The van der Waals surface area contributed by atoms with Crippen LogP contribution in [-0.4, -0.2) is 5.71 Å². The van der Waals surface area contributed by atoms with Crippen LogP contribution in [-0.2, 0) is 0 Å². The van der Waals surface area contributed by atoms with E-state index in [4.69, 9.17) is 5.41 Å². The molecule has 12 heavy (non-hydrogen) atoms. The molecule has 1 nitrogen and oxygen atoms in total. The van der Waals surface area contributed by atoms with Crippen molar-refractivity contribution in [1.29, 1.82) is 5.41 Å². The molecule has 0 aliphatic carbocycles. The Morgan fingerprint density at radius 2 is 1.92 bits per heavy atom. The van der Waals surface area contributed by atoms with E-state index in [-0.39, 0.29) is 0 Å². The van der Waals surface area contributed by atoms with Crippen molar-refractivity contribution in [3.05, 3.63) is 0 Å². The summed E-state index contributed by atoms with van der Waals surface area (Å²) in [5.74, 6) is 0.866. The number of unbranched alkanes of at least 4 members (excludes halogenated alkanes) is 1. The van der Waals surface area contributed by atoms with Gasteiger partial charge in [0.15, 0.2) is 0 Å². The second kappa shape index (κ2) is 7.33. The smallest absolute Gasteiger partial charge is 0.00583 e. The molecule has 1 atom stereocenters. The van der Waals surface area contributed by atoms with Gasteiger partial charge < -0.3 is 5.41 Å². The summed E-state index contributed by atoms with van der Waals surface area (Å²) in [5.41, 5.74) is 0.838. The molecule has 0 fully saturated rings. The summed E-state index contributed by atoms with van der Waals surface area (Å²) >= 11 is 0. The normalized spacial score (nSPS) is 12.9. The van der Waals surface area contributed by atoms with Crippen LogP contribution in [0.15, 0.2) is 0 Å². The third kappa shape index (κ3) is 6.38. The predicted molar refractivity (Wildman–Crippen MR) is 55.9 cm³/mol. The summed E-state index contributed by atoms with van der Waals surface area (Å²) in [6, 6.07) is 0. The molecule has 0 spiro atoms. The lowest BCUT2D eigenvalue weighted by Gasteiger charge is -2.13. The summed E-state index contributed by atoms with van der Waals surface area (Å²) in [6.07, 6.45) is 7.54. The maximum atomic E-state index is 7.34. The largest absolute Gasteiger partial charge is 0.310 e. The molecule has 0 aliphatic heterocycles. The summed E-state index contributed by atoms with van der Waals surface area (Å²) in [5, 5.41) is 7.34. The van der Waals surface area contributed by atoms with E-state index in [1.807, 2.05) is 6.92 Å². The summed E-state index contributed by atoms with van der Waals surface area (Å²) in [7, 11) is 0. The topological polar surface area (TPSA) is 23.9 Å². The Balaban J connectivity index is 3.45. The van der Waals surface area contributed by atoms with Crippen LogP contribution in [0, 0.1) is 11.3 Å². The van der Waals surface area contributed by atoms with Crippen molar-refractivity contribution in [2.45, 2.75) is 59.3 Å². The zero-order chi connectivity index (χ0) is 9.40. The van der Waals surface area contributed by atoms with E-state index in [0.717, 1.165) is 18.1 Å². The Morgan fingerprint density at radius 1 is 1.25 bits per heavy atom. The maximum Gasteiger partial charge on any atom is 0.00583 e. The van der Waals surface area contributed by atoms with Crippen LogP contribution in [0.1, 0.15) is 59.3 Å². The van der Waals surface area contributed by atoms with Crippen molar-refractivity contribution in [2.24, 2.45) is 5.92 Å². The third-order valence-electron chi connectivity index (χ3n) is 2.47. The summed E-state index contributed by atoms with van der Waals surface area (Å²) in [6.45, 7) is 6.42. The lowest BCUT2D eigenvalue weighted by atomic mass is 9.93. The summed E-state index contributed by atoms with van der Waals surface area (Å²) in [4.78, 5) is 0. The van der Waals surface area contributed by atoms with Gasteiger partial charge in [0.1, 0.15) is 0 Å². The van der Waals surface area contributed by atoms with E-state index in [2.05, 4.69) is 13.8 Å². The molecule has 0 bridgehead atoms. The highest BCUT2D eigenvalue weighted by Gasteiger charge is 2.05. The average molecular weight is 169 g/mol. The Labute approximate surface area is 77.1 Å². The first kappa shape index (κ1) is 11.7. The second-order valence-corrected chi connectivity index (χ2v) is 3.74. The molecule has 0 radical (unpaired) electrons. The minimum absolute atomic E-state index is 0.838. The van der Waals surface area contributed by atoms with Crippen LogP contribution in [0.5, 0.6) is 0 Å². The highest BCUT2D eigenvalue weighted by molar-refractivity contribution is 5.78. The fourth-order valence-corrected chi connectivity index (χ4v) is 1.47. The molecule has 0 heterocycles. The van der Waals surface area contributed by atoms with Gasteiger partial charge in [-0.2, -0.15) is 0 Å². The third-order valence-corrected chi connectivity index (χ3v) is 2.47. The monoisotopic (exact) mass is 169 g/mol. The van der Waals surface area contributed by atoms with Gasteiger partial charge in [0.2, 0.25) is 0 Å². The Bertz CT molecular complexity index is 118. The molecule has 1 unspecified atom stereocenters. The molecule has 0 aromatic heterocycles. The van der Waals surface area contributed by atoms with Gasteiger partial charge >= 0.3 is 0 Å². The number of rotatable bonds is 7. The molecular formula is C11H23N. The fraction of sp³-hybridized carbons (Fsp3) is 0.909. The molecule has 0 aromatic rings. The summed E-state index contributed by atoms with van der Waals surface area (Å²) < 4.78 is 0. The zero-order valence-corrected chi connectivity index (χ0v) is 8.82. The van der Waals surface area contributed by atoms with E-state index in [1.165, 1.54) is 32.1 Å². The first-order chi connectivity index (χ1) is 5.70. The Hall–Kier alpha value is -0.330. The molecule has 1 N–H and O–H groups in total. The van der Waals surface area contributed by atoms with Gasteiger partial charge in [-0.25, -0.2) is 0 Å². The number of hydrogen-bond acceptors (Lipinski definition) is 1. The first-order valence-electron chi connectivity index (χ1n) is 5.24. The van der Waals surface area contributed by atoms with Gasteiger partial charge in [0.05, 0.1) is 0 Å². The number of nitrogens with one attached hydrogen (secondary N) is 1. The van der Waals surface area contributed by atoms with Crippen molar-refractivity contribution in [3.63, 3.8) is 0 Å². The number of hydrogen-bond donors (Lipinski definition) is 1. The lowest BCUT2D eigenvalue weighted by molar-refractivity contribution is 0.428. The van der Waals surface area contributed by atoms with E-state index in [9.17, 15) is 0 Å². The highest BCUT2D eigenvalue weighted by Crippen LogP contribution is 2.18. The minimum atomic E-state index is 0.838.